The molecule has 1 atom stereocenters. The van der Waals surface area contributed by atoms with Gasteiger partial charge in [-0.3, -0.25) is 0 Å². The number of halogens is 2. The van der Waals surface area contributed by atoms with Gasteiger partial charge in [-0.25, -0.2) is 12.7 Å². The van der Waals surface area contributed by atoms with E-state index in [9.17, 15) is 8.42 Å². The molecule has 7 heteroatoms. The quantitative estimate of drug-likeness (QED) is 0.867. The topological polar surface area (TPSA) is 63.4 Å². The molecular formula is C13H20Cl2N2O2S. The lowest BCUT2D eigenvalue weighted by Crippen LogP contribution is -2.34. The fraction of sp³-hybridized carbons (Fsp3) is 0.538. The average molecular weight is 339 g/mol. The molecule has 0 saturated carbocycles. The summed E-state index contributed by atoms with van der Waals surface area (Å²) >= 11 is 11.8. The number of sulfonamides is 1. The average Bonchev–Trinajstić information content (AvgIpc) is 2.37. The minimum atomic E-state index is -3.65. The molecule has 1 unspecified atom stereocenters. The fourth-order valence-corrected chi connectivity index (χ4v) is 3.55. The van der Waals surface area contributed by atoms with Crippen molar-refractivity contribution in [3.05, 3.63) is 28.2 Å². The normalized spacial score (nSPS) is 14.0. The van der Waals surface area contributed by atoms with Crippen LogP contribution < -0.4 is 5.73 Å². The second-order valence-electron chi connectivity index (χ2n) is 5.10. The maximum Gasteiger partial charge on any atom is 0.244 e. The van der Waals surface area contributed by atoms with E-state index in [2.05, 4.69) is 0 Å². The second-order valence-corrected chi connectivity index (χ2v) is 7.95. The minimum Gasteiger partial charge on any atom is -0.327 e. The van der Waals surface area contributed by atoms with E-state index in [1.807, 2.05) is 13.8 Å². The molecule has 1 rings (SSSR count). The molecule has 0 aromatic heterocycles. The number of nitrogens with two attached hydrogens (primary N) is 1. The molecule has 0 aliphatic carbocycles. The smallest absolute Gasteiger partial charge is 0.244 e. The predicted octanol–water partition coefficient (Wildman–Crippen LogP) is 2.99. The molecule has 0 amide bonds. The van der Waals surface area contributed by atoms with Crippen molar-refractivity contribution >= 4 is 33.2 Å². The van der Waals surface area contributed by atoms with Crippen molar-refractivity contribution < 1.29 is 8.42 Å². The molecule has 0 radical (unpaired) electrons. The van der Waals surface area contributed by atoms with Gasteiger partial charge in [-0.05, 0) is 30.5 Å². The molecule has 20 heavy (non-hydrogen) atoms. The summed E-state index contributed by atoms with van der Waals surface area (Å²) in [4.78, 5) is 0.0206. The molecule has 114 valence electrons. The Balaban J connectivity index is 2.90. The summed E-state index contributed by atoms with van der Waals surface area (Å²) in [5.74, 6) is 0.306. The summed E-state index contributed by atoms with van der Waals surface area (Å²) in [7, 11) is -2.14. The van der Waals surface area contributed by atoms with Gasteiger partial charge < -0.3 is 5.73 Å². The number of rotatable bonds is 6. The molecule has 1 aromatic rings. The molecule has 2 N–H and O–H groups in total. The molecule has 0 aliphatic heterocycles. The highest BCUT2D eigenvalue weighted by Crippen LogP contribution is 2.27. The third-order valence-corrected chi connectivity index (χ3v) is 5.79. The van der Waals surface area contributed by atoms with Crippen molar-refractivity contribution in [2.75, 3.05) is 13.6 Å². The second kappa shape index (κ2) is 7.09. The largest absolute Gasteiger partial charge is 0.327 e. The summed E-state index contributed by atoms with van der Waals surface area (Å²) in [6, 6.07) is 4.35. The van der Waals surface area contributed by atoms with E-state index in [0.717, 1.165) is 0 Å². The SMILES string of the molecule is CC(C)C(N)CCN(C)S(=O)(=O)c1cc(Cl)ccc1Cl. The minimum absolute atomic E-state index is 0.0206. The number of nitrogens with zero attached hydrogens (tertiary/aromatic N) is 1. The lowest BCUT2D eigenvalue weighted by atomic mass is 10.0. The van der Waals surface area contributed by atoms with Crippen LogP contribution in [0.25, 0.3) is 0 Å². The van der Waals surface area contributed by atoms with Gasteiger partial charge in [0.1, 0.15) is 4.90 Å². The molecule has 0 saturated heterocycles. The number of hydrogen-bond donors (Lipinski definition) is 1. The third kappa shape index (κ3) is 4.33. The molecule has 0 heterocycles. The van der Waals surface area contributed by atoms with Crippen LogP contribution in [0.2, 0.25) is 10.0 Å². The first-order valence-corrected chi connectivity index (χ1v) is 8.53. The highest BCUT2D eigenvalue weighted by Gasteiger charge is 2.24. The Morgan fingerprint density at radius 2 is 1.90 bits per heavy atom. The van der Waals surface area contributed by atoms with Crippen LogP contribution in [-0.2, 0) is 10.0 Å². The molecule has 0 fully saturated rings. The van der Waals surface area contributed by atoms with E-state index in [-0.39, 0.29) is 16.0 Å². The van der Waals surface area contributed by atoms with Gasteiger partial charge in [0.25, 0.3) is 0 Å². The van der Waals surface area contributed by atoms with E-state index in [1.54, 1.807) is 6.07 Å². The van der Waals surface area contributed by atoms with Crippen molar-refractivity contribution in [2.24, 2.45) is 11.7 Å². The van der Waals surface area contributed by atoms with Gasteiger partial charge >= 0.3 is 0 Å². The standard InChI is InChI=1S/C13H20Cl2N2O2S/c1-9(2)12(16)6-7-17(3)20(18,19)13-8-10(14)4-5-11(13)15/h4-5,8-9,12H,6-7,16H2,1-3H3. The van der Waals surface area contributed by atoms with Crippen LogP contribution >= 0.6 is 23.2 Å². The van der Waals surface area contributed by atoms with Crippen molar-refractivity contribution in [3.63, 3.8) is 0 Å². The first kappa shape index (κ1) is 17.7. The van der Waals surface area contributed by atoms with Crippen LogP contribution in [0.5, 0.6) is 0 Å². The molecule has 1 aromatic carbocycles. The summed E-state index contributed by atoms with van der Waals surface area (Å²) in [6.07, 6.45) is 0.589. The van der Waals surface area contributed by atoms with Gasteiger partial charge in [-0.1, -0.05) is 37.0 Å². The maximum atomic E-state index is 12.4. The van der Waals surface area contributed by atoms with E-state index in [1.165, 1.54) is 23.5 Å². The highest BCUT2D eigenvalue weighted by molar-refractivity contribution is 7.89. The first-order chi connectivity index (χ1) is 9.16. The first-order valence-electron chi connectivity index (χ1n) is 6.33. The predicted molar refractivity (Wildman–Crippen MR) is 83.7 cm³/mol. The molecule has 0 spiro atoms. The van der Waals surface area contributed by atoms with Crippen LogP contribution in [0, 0.1) is 5.92 Å². The summed E-state index contributed by atoms with van der Waals surface area (Å²) in [5.41, 5.74) is 5.93. The van der Waals surface area contributed by atoms with E-state index in [0.29, 0.717) is 23.9 Å². The Hall–Kier alpha value is -0.330. The number of hydrogen-bond acceptors (Lipinski definition) is 3. The fourth-order valence-electron chi connectivity index (χ4n) is 1.63. The Bertz CT molecular complexity index is 561. The van der Waals surface area contributed by atoms with Crippen LogP contribution in [0.4, 0.5) is 0 Å². The van der Waals surface area contributed by atoms with Gasteiger partial charge in [-0.2, -0.15) is 0 Å². The van der Waals surface area contributed by atoms with Crippen molar-refractivity contribution in [1.82, 2.24) is 4.31 Å². The molecule has 0 bridgehead atoms. The summed E-state index contributed by atoms with van der Waals surface area (Å²) in [5, 5.41) is 0.495. The van der Waals surface area contributed by atoms with E-state index in [4.69, 9.17) is 28.9 Å². The van der Waals surface area contributed by atoms with Crippen molar-refractivity contribution in [3.8, 4) is 0 Å². The van der Waals surface area contributed by atoms with Crippen LogP contribution in [0.1, 0.15) is 20.3 Å². The van der Waals surface area contributed by atoms with Gasteiger partial charge in [0.2, 0.25) is 10.0 Å². The zero-order valence-electron chi connectivity index (χ0n) is 11.8. The van der Waals surface area contributed by atoms with Gasteiger partial charge in [0.15, 0.2) is 0 Å². The molecule has 4 nitrogen and oxygen atoms in total. The van der Waals surface area contributed by atoms with Crippen molar-refractivity contribution in [2.45, 2.75) is 31.2 Å². The van der Waals surface area contributed by atoms with Crippen LogP contribution in [0.3, 0.4) is 0 Å². The zero-order chi connectivity index (χ0) is 15.5. The lowest BCUT2D eigenvalue weighted by Gasteiger charge is -2.21. The van der Waals surface area contributed by atoms with Gasteiger partial charge in [-0.15, -0.1) is 0 Å². The monoisotopic (exact) mass is 338 g/mol. The zero-order valence-corrected chi connectivity index (χ0v) is 14.1. The van der Waals surface area contributed by atoms with Gasteiger partial charge in [0, 0.05) is 24.7 Å². The van der Waals surface area contributed by atoms with Crippen LogP contribution in [-0.4, -0.2) is 32.4 Å². The van der Waals surface area contributed by atoms with Crippen LogP contribution in [0.15, 0.2) is 23.1 Å². The van der Waals surface area contributed by atoms with E-state index < -0.39 is 10.0 Å². The number of benzene rings is 1. The maximum absolute atomic E-state index is 12.4. The Kier molecular flexibility index (Phi) is 6.28. The Morgan fingerprint density at radius 3 is 2.45 bits per heavy atom. The van der Waals surface area contributed by atoms with Crippen molar-refractivity contribution in [1.29, 1.82) is 0 Å². The lowest BCUT2D eigenvalue weighted by molar-refractivity contribution is 0.397. The summed E-state index contributed by atoms with van der Waals surface area (Å²) < 4.78 is 26.1. The molecular weight excluding hydrogens is 319 g/mol. The summed E-state index contributed by atoms with van der Waals surface area (Å²) in [6.45, 7) is 4.35. The Morgan fingerprint density at radius 1 is 1.30 bits per heavy atom. The highest BCUT2D eigenvalue weighted by atomic mass is 35.5. The molecule has 0 aliphatic rings. The Labute approximate surface area is 130 Å². The van der Waals surface area contributed by atoms with Gasteiger partial charge in [0.05, 0.1) is 5.02 Å². The van der Waals surface area contributed by atoms with E-state index >= 15 is 0 Å². The third-order valence-electron chi connectivity index (χ3n) is 3.22.